The Morgan fingerprint density at radius 3 is 2.48 bits per heavy atom. The number of aromatic nitrogens is 2. The van der Waals surface area contributed by atoms with Gasteiger partial charge in [0.2, 0.25) is 10.0 Å². The first-order valence-electron chi connectivity index (χ1n) is 8.43. The van der Waals surface area contributed by atoms with Gasteiger partial charge in [-0.05, 0) is 25.0 Å². The minimum absolute atomic E-state index is 0.244. The zero-order valence-corrected chi connectivity index (χ0v) is 15.7. The molecule has 0 aliphatic carbocycles. The number of anilines is 1. The molecule has 0 amide bonds. The Bertz CT molecular complexity index is 882. The van der Waals surface area contributed by atoms with Gasteiger partial charge < -0.3 is 5.73 Å². The Morgan fingerprint density at radius 2 is 1.84 bits per heavy atom. The predicted molar refractivity (Wildman–Crippen MR) is 98.6 cm³/mol. The number of nitrogens with zero attached hydrogens (tertiary/aromatic N) is 3. The van der Waals surface area contributed by atoms with Crippen LogP contribution < -0.4 is 5.73 Å². The number of rotatable bonds is 3. The SMILES string of the molecule is CC(C)(C)c1nc(-c2cccc(S(=O)(=O)N3CCCC3)c2)cnc1N. The summed E-state index contributed by atoms with van der Waals surface area (Å²) in [4.78, 5) is 9.18. The van der Waals surface area contributed by atoms with Gasteiger partial charge in [-0.1, -0.05) is 32.9 Å². The van der Waals surface area contributed by atoms with Crippen LogP contribution in [0.3, 0.4) is 0 Å². The number of nitrogens with two attached hydrogens (primary N) is 1. The van der Waals surface area contributed by atoms with Crippen molar-refractivity contribution in [2.45, 2.75) is 43.9 Å². The molecule has 1 aliphatic heterocycles. The summed E-state index contributed by atoms with van der Waals surface area (Å²) in [5, 5.41) is 0. The fourth-order valence-corrected chi connectivity index (χ4v) is 4.55. The lowest BCUT2D eigenvalue weighted by Crippen LogP contribution is -2.27. The van der Waals surface area contributed by atoms with E-state index in [-0.39, 0.29) is 5.41 Å². The van der Waals surface area contributed by atoms with Crippen LogP contribution in [-0.4, -0.2) is 35.8 Å². The Hall–Kier alpha value is -1.99. The summed E-state index contributed by atoms with van der Waals surface area (Å²) in [7, 11) is -3.46. The average molecular weight is 360 g/mol. The molecular formula is C18H24N4O2S. The molecule has 2 N–H and O–H groups in total. The molecule has 0 radical (unpaired) electrons. The first kappa shape index (κ1) is 17.8. The Kier molecular flexibility index (Phi) is 4.55. The van der Waals surface area contributed by atoms with E-state index in [1.54, 1.807) is 28.7 Å². The van der Waals surface area contributed by atoms with Crippen molar-refractivity contribution in [2.75, 3.05) is 18.8 Å². The van der Waals surface area contributed by atoms with Crippen molar-refractivity contribution in [3.8, 4) is 11.3 Å². The summed E-state index contributed by atoms with van der Waals surface area (Å²) in [5.74, 6) is 0.400. The molecule has 0 spiro atoms. The van der Waals surface area contributed by atoms with Crippen LogP contribution in [0.15, 0.2) is 35.4 Å². The summed E-state index contributed by atoms with van der Waals surface area (Å²) in [6.45, 7) is 7.23. The zero-order valence-electron chi connectivity index (χ0n) is 14.9. The maximum absolute atomic E-state index is 12.8. The van der Waals surface area contributed by atoms with Gasteiger partial charge in [-0.25, -0.2) is 18.4 Å². The summed E-state index contributed by atoms with van der Waals surface area (Å²) in [5.41, 5.74) is 7.77. The molecule has 0 bridgehead atoms. The van der Waals surface area contributed by atoms with Crippen LogP contribution in [0.4, 0.5) is 5.82 Å². The van der Waals surface area contributed by atoms with E-state index in [9.17, 15) is 8.42 Å². The van der Waals surface area contributed by atoms with E-state index in [0.29, 0.717) is 35.2 Å². The zero-order chi connectivity index (χ0) is 18.2. The van der Waals surface area contributed by atoms with Crippen LogP contribution in [0, 0.1) is 0 Å². The van der Waals surface area contributed by atoms with Crippen molar-refractivity contribution < 1.29 is 8.42 Å². The molecule has 1 fully saturated rings. The van der Waals surface area contributed by atoms with Crippen molar-refractivity contribution in [1.82, 2.24) is 14.3 Å². The van der Waals surface area contributed by atoms with E-state index in [4.69, 9.17) is 5.73 Å². The standard InChI is InChI=1S/C18H24N4O2S/c1-18(2,3)16-17(19)20-12-15(21-16)13-7-6-8-14(11-13)25(23,24)22-9-4-5-10-22/h6-8,11-12H,4-5,9-10H2,1-3H3,(H2,19,20). The van der Waals surface area contributed by atoms with Crippen molar-refractivity contribution in [3.05, 3.63) is 36.2 Å². The molecule has 0 saturated carbocycles. The second-order valence-corrected chi connectivity index (χ2v) is 9.32. The summed E-state index contributed by atoms with van der Waals surface area (Å²) in [6.07, 6.45) is 3.42. The van der Waals surface area contributed by atoms with Crippen LogP contribution in [0.25, 0.3) is 11.3 Å². The molecule has 25 heavy (non-hydrogen) atoms. The highest BCUT2D eigenvalue weighted by Crippen LogP contribution is 2.29. The van der Waals surface area contributed by atoms with Gasteiger partial charge in [0, 0.05) is 24.1 Å². The van der Waals surface area contributed by atoms with Crippen LogP contribution in [0.1, 0.15) is 39.3 Å². The number of nitrogen functional groups attached to an aromatic ring is 1. The normalized spacial score (nSPS) is 16.3. The average Bonchev–Trinajstić information content (AvgIpc) is 3.09. The smallest absolute Gasteiger partial charge is 0.243 e. The Labute approximate surface area is 149 Å². The second-order valence-electron chi connectivity index (χ2n) is 7.38. The molecular weight excluding hydrogens is 336 g/mol. The van der Waals surface area contributed by atoms with Crippen molar-refractivity contribution >= 4 is 15.8 Å². The number of hydrogen-bond donors (Lipinski definition) is 1. The molecule has 134 valence electrons. The molecule has 1 aliphatic rings. The van der Waals surface area contributed by atoms with E-state index in [1.165, 1.54) is 0 Å². The van der Waals surface area contributed by atoms with Crippen LogP contribution in [0.2, 0.25) is 0 Å². The number of sulfonamides is 1. The molecule has 1 saturated heterocycles. The lowest BCUT2D eigenvalue weighted by atomic mass is 9.91. The quantitative estimate of drug-likeness (QED) is 0.909. The first-order chi connectivity index (χ1) is 11.7. The summed E-state index contributed by atoms with van der Waals surface area (Å²) in [6, 6.07) is 6.88. The van der Waals surface area contributed by atoms with Gasteiger partial charge >= 0.3 is 0 Å². The van der Waals surface area contributed by atoms with Crippen molar-refractivity contribution in [1.29, 1.82) is 0 Å². The molecule has 2 aromatic rings. The van der Waals surface area contributed by atoms with Crippen LogP contribution in [-0.2, 0) is 15.4 Å². The minimum atomic E-state index is -3.46. The highest BCUT2D eigenvalue weighted by molar-refractivity contribution is 7.89. The molecule has 7 heteroatoms. The van der Waals surface area contributed by atoms with E-state index in [2.05, 4.69) is 9.97 Å². The fourth-order valence-electron chi connectivity index (χ4n) is 2.98. The van der Waals surface area contributed by atoms with Gasteiger partial charge in [0.15, 0.2) is 0 Å². The summed E-state index contributed by atoms with van der Waals surface area (Å²) >= 11 is 0. The number of hydrogen-bond acceptors (Lipinski definition) is 5. The van der Waals surface area contributed by atoms with Gasteiger partial charge in [-0.2, -0.15) is 4.31 Å². The van der Waals surface area contributed by atoms with Gasteiger partial charge in [0.05, 0.1) is 22.5 Å². The monoisotopic (exact) mass is 360 g/mol. The van der Waals surface area contributed by atoms with Gasteiger partial charge in [0.25, 0.3) is 0 Å². The van der Waals surface area contributed by atoms with E-state index in [0.717, 1.165) is 18.4 Å². The van der Waals surface area contributed by atoms with Gasteiger partial charge in [0.1, 0.15) is 5.82 Å². The van der Waals surface area contributed by atoms with E-state index >= 15 is 0 Å². The third-order valence-corrected chi connectivity index (χ3v) is 6.24. The molecule has 6 nitrogen and oxygen atoms in total. The second kappa shape index (κ2) is 6.38. The number of benzene rings is 1. The molecule has 0 atom stereocenters. The lowest BCUT2D eigenvalue weighted by Gasteiger charge is -2.20. The van der Waals surface area contributed by atoms with Crippen LogP contribution >= 0.6 is 0 Å². The molecule has 3 rings (SSSR count). The molecule has 1 aromatic carbocycles. The first-order valence-corrected chi connectivity index (χ1v) is 9.87. The topological polar surface area (TPSA) is 89.2 Å². The van der Waals surface area contributed by atoms with E-state index in [1.807, 2.05) is 26.8 Å². The van der Waals surface area contributed by atoms with Crippen LogP contribution in [0.5, 0.6) is 0 Å². The third-order valence-electron chi connectivity index (χ3n) is 4.34. The van der Waals surface area contributed by atoms with Gasteiger partial charge in [-0.15, -0.1) is 0 Å². The predicted octanol–water partition coefficient (Wildman–Crippen LogP) is 2.81. The largest absolute Gasteiger partial charge is 0.382 e. The van der Waals surface area contributed by atoms with Crippen molar-refractivity contribution in [2.24, 2.45) is 0 Å². The Morgan fingerprint density at radius 1 is 1.16 bits per heavy atom. The highest BCUT2D eigenvalue weighted by Gasteiger charge is 2.27. The third kappa shape index (κ3) is 3.52. The Balaban J connectivity index is 2.03. The fraction of sp³-hybridized carbons (Fsp3) is 0.444. The maximum Gasteiger partial charge on any atom is 0.243 e. The van der Waals surface area contributed by atoms with E-state index < -0.39 is 10.0 Å². The molecule has 0 unspecified atom stereocenters. The summed E-state index contributed by atoms with van der Waals surface area (Å²) < 4.78 is 27.1. The maximum atomic E-state index is 12.8. The molecule has 2 heterocycles. The minimum Gasteiger partial charge on any atom is -0.382 e. The van der Waals surface area contributed by atoms with Crippen molar-refractivity contribution in [3.63, 3.8) is 0 Å². The lowest BCUT2D eigenvalue weighted by molar-refractivity contribution is 0.477. The van der Waals surface area contributed by atoms with Gasteiger partial charge in [-0.3, -0.25) is 0 Å². The molecule has 1 aromatic heterocycles. The highest BCUT2D eigenvalue weighted by atomic mass is 32.2.